The van der Waals surface area contributed by atoms with Gasteiger partial charge in [0.1, 0.15) is 0 Å². The minimum atomic E-state index is 0.0815. The first-order valence-corrected chi connectivity index (χ1v) is 3.59. The molecule has 1 aliphatic heterocycles. The molecule has 9 heavy (non-hydrogen) atoms. The van der Waals surface area contributed by atoms with E-state index in [0.29, 0.717) is 12.1 Å². The van der Waals surface area contributed by atoms with Crippen LogP contribution in [0, 0.1) is 0 Å². The molecule has 2 heteroatoms. The molecular weight excluding hydrogens is 114 g/mol. The number of rotatable bonds is 2. The summed E-state index contributed by atoms with van der Waals surface area (Å²) in [5, 5.41) is 10.4. The molecule has 0 spiro atoms. The van der Waals surface area contributed by atoms with Gasteiger partial charge in [0.25, 0.3) is 0 Å². The van der Waals surface area contributed by atoms with Crippen molar-refractivity contribution in [1.82, 2.24) is 4.90 Å². The predicted octanol–water partition coefficient (Wildman–Crippen LogP) is 0.900. The highest BCUT2D eigenvalue weighted by Crippen LogP contribution is 2.19. The topological polar surface area (TPSA) is 23.1 Å². The summed E-state index contributed by atoms with van der Waals surface area (Å²) in [6.45, 7) is 5.49. The molecule has 0 N–H and O–H groups in total. The Labute approximate surface area is 56.5 Å². The van der Waals surface area contributed by atoms with Crippen LogP contribution < -0.4 is 0 Å². The van der Waals surface area contributed by atoms with Gasteiger partial charge in [0.2, 0.25) is 0 Å². The third-order valence-electron chi connectivity index (χ3n) is 2.05. The molecule has 0 bridgehead atoms. The van der Waals surface area contributed by atoms with E-state index in [-0.39, 0.29) is 6.61 Å². The lowest BCUT2D eigenvalue weighted by Crippen LogP contribution is -2.52. The van der Waals surface area contributed by atoms with Crippen molar-refractivity contribution >= 4 is 0 Å². The van der Waals surface area contributed by atoms with Gasteiger partial charge in [0.15, 0.2) is 0 Å². The summed E-state index contributed by atoms with van der Waals surface area (Å²) >= 11 is 0. The van der Waals surface area contributed by atoms with Gasteiger partial charge in [-0.05, 0) is 20.3 Å². The summed E-state index contributed by atoms with van der Waals surface area (Å²) in [6.07, 6.45) is 1.11. The molecule has 1 unspecified atom stereocenters. The number of likely N-dealkylation sites (tertiary alicyclic amines) is 1. The summed E-state index contributed by atoms with van der Waals surface area (Å²) in [6, 6.07) is 0.919. The van der Waals surface area contributed by atoms with E-state index in [2.05, 4.69) is 18.7 Å². The second-order valence-electron chi connectivity index (χ2n) is 2.94. The smallest absolute Gasteiger partial charge is 0.0978 e. The van der Waals surface area contributed by atoms with Gasteiger partial charge < -0.3 is 0 Å². The highest BCUT2D eigenvalue weighted by Gasteiger charge is 2.29. The summed E-state index contributed by atoms with van der Waals surface area (Å²) in [7, 11) is 0. The van der Waals surface area contributed by atoms with Crippen LogP contribution in [0.2, 0.25) is 0 Å². The summed E-state index contributed by atoms with van der Waals surface area (Å²) < 4.78 is 0. The molecule has 2 nitrogen and oxygen atoms in total. The van der Waals surface area contributed by atoms with Gasteiger partial charge in [-0.2, -0.15) is 0 Å². The first kappa shape index (κ1) is 7.03. The quantitative estimate of drug-likeness (QED) is 0.542. The van der Waals surface area contributed by atoms with Crippen LogP contribution in [0.3, 0.4) is 0 Å². The Morgan fingerprint density at radius 3 is 2.44 bits per heavy atom. The lowest BCUT2D eigenvalue weighted by atomic mass is 10.0. The third kappa shape index (κ3) is 1.25. The van der Waals surface area contributed by atoms with Gasteiger partial charge >= 0.3 is 0 Å². The van der Waals surface area contributed by atoms with Crippen LogP contribution >= 0.6 is 0 Å². The molecule has 1 rings (SSSR count). The number of hydrogen-bond donors (Lipinski definition) is 0. The first-order valence-electron chi connectivity index (χ1n) is 3.59. The molecule has 1 aliphatic rings. The van der Waals surface area contributed by atoms with Crippen LogP contribution in [-0.2, 0) is 5.11 Å². The van der Waals surface area contributed by atoms with E-state index in [1.165, 1.54) is 0 Å². The van der Waals surface area contributed by atoms with Crippen molar-refractivity contribution in [2.45, 2.75) is 32.4 Å². The summed E-state index contributed by atoms with van der Waals surface area (Å²) in [4.78, 5) is 2.26. The van der Waals surface area contributed by atoms with Crippen molar-refractivity contribution in [2.75, 3.05) is 13.2 Å². The van der Waals surface area contributed by atoms with E-state index >= 15 is 0 Å². The van der Waals surface area contributed by atoms with Crippen molar-refractivity contribution in [3.05, 3.63) is 0 Å². The molecule has 1 heterocycles. The molecule has 0 aromatic heterocycles. The summed E-state index contributed by atoms with van der Waals surface area (Å²) in [5.41, 5.74) is 0. The Kier molecular flexibility index (Phi) is 2.09. The molecular formula is C7H14NO. The van der Waals surface area contributed by atoms with Gasteiger partial charge in [-0.1, -0.05) is 0 Å². The molecule has 0 aromatic carbocycles. The van der Waals surface area contributed by atoms with E-state index in [9.17, 15) is 5.11 Å². The lowest BCUT2D eigenvalue weighted by molar-refractivity contribution is -0.00453. The molecule has 1 saturated heterocycles. The second-order valence-corrected chi connectivity index (χ2v) is 2.94. The van der Waals surface area contributed by atoms with Crippen molar-refractivity contribution in [3.8, 4) is 0 Å². The fraction of sp³-hybridized carbons (Fsp3) is 1.00. The largest absolute Gasteiger partial charge is 0.295 e. The molecule has 1 radical (unpaired) electrons. The standard InChI is InChI=1S/C7H14NO/c1-6(2)8-4-3-7(8)5-9/h6-7H,3-5H2,1-2H3. The highest BCUT2D eigenvalue weighted by atomic mass is 16.3. The van der Waals surface area contributed by atoms with E-state index in [0.717, 1.165) is 13.0 Å². The van der Waals surface area contributed by atoms with Gasteiger partial charge in [-0.3, -0.25) is 4.90 Å². The fourth-order valence-corrected chi connectivity index (χ4v) is 1.32. The maximum Gasteiger partial charge on any atom is 0.0978 e. The third-order valence-corrected chi connectivity index (χ3v) is 2.05. The minimum absolute atomic E-state index is 0.0815. The van der Waals surface area contributed by atoms with Crippen molar-refractivity contribution < 1.29 is 5.11 Å². The zero-order chi connectivity index (χ0) is 6.85. The average molecular weight is 128 g/mol. The number of hydrogen-bond acceptors (Lipinski definition) is 1. The van der Waals surface area contributed by atoms with Crippen LogP contribution in [-0.4, -0.2) is 30.1 Å². The molecule has 0 amide bonds. The van der Waals surface area contributed by atoms with Crippen LogP contribution in [0.4, 0.5) is 0 Å². The Bertz CT molecular complexity index is 90.9. The van der Waals surface area contributed by atoms with Crippen LogP contribution in [0.25, 0.3) is 0 Å². The normalized spacial score (nSPS) is 28.7. The second kappa shape index (κ2) is 2.67. The van der Waals surface area contributed by atoms with Crippen molar-refractivity contribution in [2.24, 2.45) is 0 Å². The van der Waals surface area contributed by atoms with Gasteiger partial charge in [0, 0.05) is 18.6 Å². The molecule has 0 aliphatic carbocycles. The zero-order valence-corrected chi connectivity index (χ0v) is 6.13. The Balaban J connectivity index is 2.27. The SMILES string of the molecule is CC(C)N1CCC1C[O]. The zero-order valence-electron chi connectivity index (χ0n) is 6.13. The van der Waals surface area contributed by atoms with Crippen molar-refractivity contribution in [1.29, 1.82) is 0 Å². The Morgan fingerprint density at radius 1 is 1.67 bits per heavy atom. The van der Waals surface area contributed by atoms with E-state index in [4.69, 9.17) is 0 Å². The molecule has 1 atom stereocenters. The average Bonchev–Trinajstić information content (AvgIpc) is 1.61. The van der Waals surface area contributed by atoms with Gasteiger partial charge in [-0.25, -0.2) is 5.11 Å². The first-order chi connectivity index (χ1) is 4.25. The molecule has 53 valence electrons. The maximum absolute atomic E-state index is 10.4. The van der Waals surface area contributed by atoms with Crippen molar-refractivity contribution in [3.63, 3.8) is 0 Å². The molecule has 0 aromatic rings. The maximum atomic E-state index is 10.4. The van der Waals surface area contributed by atoms with Gasteiger partial charge in [0.05, 0.1) is 6.61 Å². The fourth-order valence-electron chi connectivity index (χ4n) is 1.32. The Morgan fingerprint density at radius 2 is 2.33 bits per heavy atom. The highest BCUT2D eigenvalue weighted by molar-refractivity contribution is 4.83. The summed E-state index contributed by atoms with van der Waals surface area (Å²) in [5.74, 6) is 0. The number of nitrogens with zero attached hydrogens (tertiary/aromatic N) is 1. The van der Waals surface area contributed by atoms with E-state index in [1.54, 1.807) is 0 Å². The molecule has 1 fully saturated rings. The van der Waals surface area contributed by atoms with E-state index < -0.39 is 0 Å². The van der Waals surface area contributed by atoms with Crippen LogP contribution in [0.15, 0.2) is 0 Å². The Hall–Kier alpha value is -0.0800. The molecule has 0 saturated carbocycles. The predicted molar refractivity (Wildman–Crippen MR) is 35.8 cm³/mol. The minimum Gasteiger partial charge on any atom is -0.295 e. The van der Waals surface area contributed by atoms with E-state index in [1.807, 2.05) is 0 Å². The van der Waals surface area contributed by atoms with Crippen LogP contribution in [0.1, 0.15) is 20.3 Å². The lowest BCUT2D eigenvalue weighted by Gasteiger charge is -2.42. The monoisotopic (exact) mass is 128 g/mol. The van der Waals surface area contributed by atoms with Crippen LogP contribution in [0.5, 0.6) is 0 Å². The van der Waals surface area contributed by atoms with Gasteiger partial charge in [-0.15, -0.1) is 0 Å².